The molecule has 2 aromatic rings. The van der Waals surface area contributed by atoms with E-state index in [1.807, 2.05) is 0 Å². The van der Waals surface area contributed by atoms with E-state index in [9.17, 15) is 0 Å². The van der Waals surface area contributed by atoms with Crippen molar-refractivity contribution in [2.45, 2.75) is 19.3 Å². The third-order valence-corrected chi connectivity index (χ3v) is 3.84. The van der Waals surface area contributed by atoms with E-state index >= 15 is 0 Å². The van der Waals surface area contributed by atoms with Gasteiger partial charge in [0.1, 0.15) is 5.76 Å². The van der Waals surface area contributed by atoms with E-state index in [0.717, 1.165) is 19.4 Å². The van der Waals surface area contributed by atoms with Crippen LogP contribution in [-0.4, -0.2) is 6.61 Å². The van der Waals surface area contributed by atoms with E-state index in [1.165, 1.54) is 39.7 Å². The fourth-order valence-electron chi connectivity index (χ4n) is 3.09. The Balaban J connectivity index is 2.04. The summed E-state index contributed by atoms with van der Waals surface area (Å²) in [5, 5.41) is 2.79. The van der Waals surface area contributed by atoms with Gasteiger partial charge in [0.25, 0.3) is 0 Å². The maximum absolute atomic E-state index is 5.78. The Bertz CT molecular complexity index is 624. The monoisotopic (exact) mass is 222 g/mol. The van der Waals surface area contributed by atoms with E-state index in [0.29, 0.717) is 0 Å². The van der Waals surface area contributed by atoms with E-state index in [1.54, 1.807) is 0 Å². The Hall–Kier alpha value is -1.76. The molecule has 0 N–H and O–H groups in total. The van der Waals surface area contributed by atoms with Gasteiger partial charge in [-0.25, -0.2) is 0 Å². The number of hydrogen-bond donors (Lipinski definition) is 0. The summed E-state index contributed by atoms with van der Waals surface area (Å²) in [6.45, 7) is 0.894. The summed E-state index contributed by atoms with van der Waals surface area (Å²) in [6, 6.07) is 13.2. The first-order valence-corrected chi connectivity index (χ1v) is 6.29. The lowest BCUT2D eigenvalue weighted by molar-refractivity contribution is 0.264. The molecular formula is C16H14O. The third kappa shape index (κ3) is 1.25. The van der Waals surface area contributed by atoms with Crippen LogP contribution in [0.15, 0.2) is 42.2 Å². The second-order valence-electron chi connectivity index (χ2n) is 4.85. The van der Waals surface area contributed by atoms with Crippen LogP contribution in [0.1, 0.15) is 24.0 Å². The smallest absolute Gasteiger partial charge is 0.100 e. The molecule has 1 aliphatic carbocycles. The van der Waals surface area contributed by atoms with Gasteiger partial charge in [0, 0.05) is 18.4 Å². The van der Waals surface area contributed by atoms with E-state index in [-0.39, 0.29) is 0 Å². The summed E-state index contributed by atoms with van der Waals surface area (Å²) in [5.74, 6) is 1.23. The molecule has 2 aromatic carbocycles. The minimum atomic E-state index is 0.894. The number of ether oxygens (including phenoxy) is 1. The first-order chi connectivity index (χ1) is 8.43. The molecule has 17 heavy (non-hydrogen) atoms. The van der Waals surface area contributed by atoms with Gasteiger partial charge in [-0.1, -0.05) is 36.4 Å². The zero-order valence-corrected chi connectivity index (χ0v) is 9.70. The third-order valence-electron chi connectivity index (χ3n) is 3.84. The molecule has 0 atom stereocenters. The number of allylic oxidation sites excluding steroid dienone is 2. The van der Waals surface area contributed by atoms with E-state index in [2.05, 4.69) is 36.4 Å². The van der Waals surface area contributed by atoms with Gasteiger partial charge in [0.2, 0.25) is 0 Å². The molecule has 0 radical (unpaired) electrons. The molecule has 1 heteroatoms. The van der Waals surface area contributed by atoms with Crippen molar-refractivity contribution in [3.63, 3.8) is 0 Å². The highest BCUT2D eigenvalue weighted by atomic mass is 16.5. The normalized spacial score (nSPS) is 22.1. The average molecular weight is 222 g/mol. The Kier molecular flexibility index (Phi) is 1.84. The Morgan fingerprint density at radius 2 is 1.88 bits per heavy atom. The average Bonchev–Trinajstić information content (AvgIpc) is 2.98. The number of rotatable bonds is 0. The molecule has 0 spiro atoms. The summed E-state index contributed by atoms with van der Waals surface area (Å²) in [5.41, 5.74) is 4.28. The minimum Gasteiger partial charge on any atom is -0.498 e. The molecule has 0 aromatic heterocycles. The lowest BCUT2D eigenvalue weighted by Crippen LogP contribution is -1.88. The van der Waals surface area contributed by atoms with Crippen LogP contribution in [0.2, 0.25) is 0 Å². The first-order valence-electron chi connectivity index (χ1n) is 6.29. The largest absolute Gasteiger partial charge is 0.498 e. The minimum absolute atomic E-state index is 0.894. The van der Waals surface area contributed by atoms with Crippen LogP contribution in [0.3, 0.4) is 0 Å². The number of hydrogen-bond acceptors (Lipinski definition) is 1. The van der Waals surface area contributed by atoms with Crippen molar-refractivity contribution in [2.75, 3.05) is 6.61 Å². The molecule has 4 rings (SSSR count). The van der Waals surface area contributed by atoms with Gasteiger partial charge in [-0.2, -0.15) is 0 Å². The molecule has 2 aliphatic rings. The topological polar surface area (TPSA) is 9.23 Å². The second-order valence-corrected chi connectivity index (χ2v) is 4.85. The van der Waals surface area contributed by atoms with Crippen molar-refractivity contribution in [2.24, 2.45) is 0 Å². The fraction of sp³-hybridized carbons (Fsp3) is 0.250. The van der Waals surface area contributed by atoms with Crippen LogP contribution >= 0.6 is 0 Å². The molecule has 0 saturated carbocycles. The molecule has 1 nitrogen and oxygen atoms in total. The van der Waals surface area contributed by atoms with Gasteiger partial charge in [0.15, 0.2) is 0 Å². The van der Waals surface area contributed by atoms with Gasteiger partial charge >= 0.3 is 0 Å². The molecule has 84 valence electrons. The quantitative estimate of drug-likeness (QED) is 0.656. The van der Waals surface area contributed by atoms with Gasteiger partial charge in [-0.05, 0) is 28.3 Å². The maximum atomic E-state index is 5.78. The van der Waals surface area contributed by atoms with Crippen molar-refractivity contribution >= 4 is 16.3 Å². The fourth-order valence-corrected chi connectivity index (χ4v) is 3.09. The Morgan fingerprint density at radius 1 is 1.00 bits per heavy atom. The summed E-state index contributed by atoms with van der Waals surface area (Å²) in [7, 11) is 0. The Morgan fingerprint density at radius 3 is 2.71 bits per heavy atom. The predicted octanol–water partition coefficient (Wildman–Crippen LogP) is 3.92. The number of benzene rings is 2. The predicted molar refractivity (Wildman–Crippen MR) is 69.8 cm³/mol. The molecule has 0 bridgehead atoms. The molecule has 1 heterocycles. The molecule has 1 saturated heterocycles. The van der Waals surface area contributed by atoms with Crippen molar-refractivity contribution in [1.29, 1.82) is 0 Å². The molecule has 0 unspecified atom stereocenters. The highest BCUT2D eigenvalue weighted by molar-refractivity contribution is 6.01. The molecule has 0 amide bonds. The van der Waals surface area contributed by atoms with Gasteiger partial charge < -0.3 is 4.74 Å². The first kappa shape index (κ1) is 9.29. The van der Waals surface area contributed by atoms with Gasteiger partial charge in [0.05, 0.1) is 6.61 Å². The van der Waals surface area contributed by atoms with Crippen molar-refractivity contribution in [3.8, 4) is 0 Å². The SMILES string of the molecule is c1cc2c3c(cccc3c1)/C(=C1\CCCO1)C2. The van der Waals surface area contributed by atoms with Crippen LogP contribution in [-0.2, 0) is 11.2 Å². The summed E-state index contributed by atoms with van der Waals surface area (Å²) in [6.07, 6.45) is 3.33. The highest BCUT2D eigenvalue weighted by Gasteiger charge is 2.23. The van der Waals surface area contributed by atoms with Crippen molar-refractivity contribution in [1.82, 2.24) is 0 Å². The van der Waals surface area contributed by atoms with Crippen LogP contribution < -0.4 is 0 Å². The summed E-state index contributed by atoms with van der Waals surface area (Å²) in [4.78, 5) is 0. The van der Waals surface area contributed by atoms with Crippen LogP contribution in [0.4, 0.5) is 0 Å². The van der Waals surface area contributed by atoms with Crippen molar-refractivity contribution in [3.05, 3.63) is 53.3 Å². The van der Waals surface area contributed by atoms with Crippen LogP contribution in [0.5, 0.6) is 0 Å². The molecular weight excluding hydrogens is 208 g/mol. The van der Waals surface area contributed by atoms with E-state index < -0.39 is 0 Å². The lowest BCUT2D eigenvalue weighted by Gasteiger charge is -2.05. The zero-order chi connectivity index (χ0) is 11.2. The second kappa shape index (κ2) is 3.36. The van der Waals surface area contributed by atoms with Crippen LogP contribution in [0, 0.1) is 0 Å². The van der Waals surface area contributed by atoms with Gasteiger partial charge in [-0.3, -0.25) is 0 Å². The zero-order valence-electron chi connectivity index (χ0n) is 9.70. The maximum Gasteiger partial charge on any atom is 0.100 e. The van der Waals surface area contributed by atoms with Gasteiger partial charge in [-0.15, -0.1) is 0 Å². The lowest BCUT2D eigenvalue weighted by atomic mass is 10.0. The molecule has 1 fully saturated rings. The van der Waals surface area contributed by atoms with Crippen molar-refractivity contribution < 1.29 is 4.74 Å². The van der Waals surface area contributed by atoms with Crippen LogP contribution in [0.25, 0.3) is 16.3 Å². The summed E-state index contributed by atoms with van der Waals surface area (Å²) >= 11 is 0. The molecule has 1 aliphatic heterocycles. The summed E-state index contributed by atoms with van der Waals surface area (Å²) < 4.78 is 5.78. The highest BCUT2D eigenvalue weighted by Crippen LogP contribution is 2.41. The standard InChI is InChI=1S/C16H14O/c1-4-11-5-2-7-13-14(15-8-3-9-17-15)10-12(6-1)16(11)13/h1-2,4-7H,3,8-10H2/b15-14+. The van der Waals surface area contributed by atoms with E-state index in [4.69, 9.17) is 4.74 Å². The Labute approximate surface area is 101 Å².